The van der Waals surface area contributed by atoms with E-state index in [1.807, 2.05) is 0 Å². The zero-order chi connectivity index (χ0) is 28.6. The third-order valence-corrected chi connectivity index (χ3v) is 8.49. The van der Waals surface area contributed by atoms with E-state index >= 15 is 0 Å². The molecule has 3 aromatic carbocycles. The minimum absolute atomic E-state index is 0.00253. The predicted molar refractivity (Wildman–Crippen MR) is 145 cm³/mol. The second kappa shape index (κ2) is 13.9. The van der Waals surface area contributed by atoms with Gasteiger partial charge in [-0.2, -0.15) is 0 Å². The molecule has 0 fully saturated rings. The zero-order valence-corrected chi connectivity index (χ0v) is 24.4. The SMILES string of the molecule is CCOOP(=O)(Oc1ccccc1)C(=O)c1c(Cl)cc(Cl)c(C(=O)P(=O)(OOCC)Oc2ccccc2)c1Cl. The summed E-state index contributed by atoms with van der Waals surface area (Å²) >= 11 is 18.9. The van der Waals surface area contributed by atoms with Crippen LogP contribution in [0.2, 0.25) is 15.1 Å². The first kappa shape index (κ1) is 31.3. The van der Waals surface area contributed by atoms with E-state index in [0.29, 0.717) is 0 Å². The van der Waals surface area contributed by atoms with Gasteiger partial charge < -0.3 is 9.05 Å². The highest BCUT2D eigenvalue weighted by Crippen LogP contribution is 2.57. The average molecular weight is 638 g/mol. The van der Waals surface area contributed by atoms with Crippen LogP contribution in [0.25, 0.3) is 0 Å². The van der Waals surface area contributed by atoms with Crippen LogP contribution in [0.1, 0.15) is 34.6 Å². The number of carbonyl (C=O) groups excluding carboxylic acids is 2. The minimum Gasteiger partial charge on any atom is -0.418 e. The monoisotopic (exact) mass is 636 g/mol. The van der Waals surface area contributed by atoms with E-state index in [1.54, 1.807) is 36.4 Å². The molecule has 0 heterocycles. The maximum Gasteiger partial charge on any atom is 0.478 e. The molecule has 0 amide bonds. The molecule has 0 bridgehead atoms. The lowest BCUT2D eigenvalue weighted by molar-refractivity contribution is -0.205. The van der Waals surface area contributed by atoms with Crippen LogP contribution in [0.3, 0.4) is 0 Å². The Morgan fingerprint density at radius 3 is 1.36 bits per heavy atom. The molecule has 0 saturated heterocycles. The summed E-state index contributed by atoms with van der Waals surface area (Å²) in [5.41, 5.74) is -4.09. The maximum atomic E-state index is 13.6. The Morgan fingerprint density at radius 2 is 1.03 bits per heavy atom. The summed E-state index contributed by atoms with van der Waals surface area (Å²) in [6, 6.07) is 16.2. The molecule has 0 aromatic heterocycles. The summed E-state index contributed by atoms with van der Waals surface area (Å²) in [5, 5.41) is -1.53. The normalized spacial score (nSPS) is 14.2. The van der Waals surface area contributed by atoms with Crippen molar-refractivity contribution in [1.82, 2.24) is 0 Å². The van der Waals surface area contributed by atoms with Crippen molar-refractivity contribution >= 4 is 61.0 Å². The van der Waals surface area contributed by atoms with Crippen molar-refractivity contribution in [1.29, 1.82) is 0 Å². The van der Waals surface area contributed by atoms with E-state index in [2.05, 4.69) is 0 Å². The molecule has 0 saturated carbocycles. The van der Waals surface area contributed by atoms with Gasteiger partial charge in [0.15, 0.2) is 0 Å². The summed E-state index contributed by atoms with van der Waals surface area (Å²) in [6.45, 7) is 2.82. The summed E-state index contributed by atoms with van der Waals surface area (Å²) in [5.74, 6) is -0.00505. The Balaban J connectivity index is 2.11. The highest BCUT2D eigenvalue weighted by Gasteiger charge is 2.46. The van der Waals surface area contributed by atoms with Gasteiger partial charge in [-0.3, -0.25) is 9.59 Å². The Bertz CT molecular complexity index is 1320. The lowest BCUT2D eigenvalue weighted by atomic mass is 10.1. The van der Waals surface area contributed by atoms with E-state index in [4.69, 9.17) is 63.0 Å². The van der Waals surface area contributed by atoms with Gasteiger partial charge in [-0.1, -0.05) is 71.2 Å². The number of rotatable bonds is 14. The Hall–Kier alpha value is -2.23. The summed E-state index contributed by atoms with van der Waals surface area (Å²) in [7, 11) is -9.69. The number of hydrogen-bond donors (Lipinski definition) is 0. The van der Waals surface area contributed by atoms with Crippen LogP contribution in [-0.2, 0) is 28.3 Å². The van der Waals surface area contributed by atoms with E-state index in [1.165, 1.54) is 38.1 Å². The highest BCUT2D eigenvalue weighted by atomic mass is 35.5. The van der Waals surface area contributed by atoms with Gasteiger partial charge in [0.1, 0.15) is 11.5 Å². The van der Waals surface area contributed by atoms with Crippen LogP contribution in [0.4, 0.5) is 0 Å². The van der Waals surface area contributed by atoms with Gasteiger partial charge in [0.25, 0.3) is 11.0 Å². The van der Waals surface area contributed by atoms with Gasteiger partial charge in [-0.05, 0) is 44.2 Å². The molecule has 15 heteroatoms. The molecule has 10 nitrogen and oxygen atoms in total. The molecular weight excluding hydrogens is 617 g/mol. The van der Waals surface area contributed by atoms with Crippen molar-refractivity contribution in [2.75, 3.05) is 13.2 Å². The van der Waals surface area contributed by atoms with E-state index in [-0.39, 0.29) is 24.7 Å². The quantitative estimate of drug-likeness (QED) is 0.0966. The number of halogens is 3. The standard InChI is InChI=1S/C24H21Cl3O10P2/c1-3-32-36-38(30,34-16-11-7-5-8-12-16)23(28)20-18(25)15-19(26)21(22(20)27)24(29)39(31,37-33-4-2)35-17-13-9-6-10-14-17/h5-15H,3-4H2,1-2H3. The molecule has 0 aliphatic rings. The first-order valence-electron chi connectivity index (χ1n) is 11.1. The van der Waals surface area contributed by atoms with Gasteiger partial charge in [0, 0.05) is 0 Å². The van der Waals surface area contributed by atoms with Gasteiger partial charge in [0.2, 0.25) is 0 Å². The molecule has 2 unspecified atom stereocenters. The fourth-order valence-electron chi connectivity index (χ4n) is 2.92. The minimum atomic E-state index is -4.84. The Morgan fingerprint density at radius 1 is 0.667 bits per heavy atom. The van der Waals surface area contributed by atoms with Crippen molar-refractivity contribution < 1.29 is 46.9 Å². The fourth-order valence-corrected chi connectivity index (χ4v) is 6.95. The van der Waals surface area contributed by atoms with Crippen LogP contribution in [0.5, 0.6) is 11.5 Å². The Labute approximate surface area is 238 Å². The highest BCUT2D eigenvalue weighted by molar-refractivity contribution is 7.73. The van der Waals surface area contributed by atoms with Crippen molar-refractivity contribution in [2.24, 2.45) is 0 Å². The zero-order valence-electron chi connectivity index (χ0n) is 20.4. The molecule has 0 radical (unpaired) electrons. The van der Waals surface area contributed by atoms with Crippen molar-refractivity contribution in [2.45, 2.75) is 13.8 Å². The van der Waals surface area contributed by atoms with Crippen LogP contribution >= 0.6 is 50.0 Å². The van der Waals surface area contributed by atoms with Gasteiger partial charge in [0.05, 0.1) is 39.4 Å². The van der Waals surface area contributed by atoms with Crippen molar-refractivity contribution in [3.05, 3.63) is 92.9 Å². The number of hydrogen-bond acceptors (Lipinski definition) is 10. The maximum absolute atomic E-state index is 13.6. The molecule has 2 atom stereocenters. The molecule has 0 aliphatic carbocycles. The van der Waals surface area contributed by atoms with E-state index in [9.17, 15) is 18.7 Å². The van der Waals surface area contributed by atoms with Crippen LogP contribution < -0.4 is 9.05 Å². The van der Waals surface area contributed by atoms with Gasteiger partial charge in [-0.25, -0.2) is 18.9 Å². The molecule has 3 rings (SSSR count). The van der Waals surface area contributed by atoms with Crippen molar-refractivity contribution in [3.63, 3.8) is 0 Å². The molecule has 0 spiro atoms. The van der Waals surface area contributed by atoms with Gasteiger partial charge in [-0.15, -0.1) is 9.35 Å². The first-order valence-corrected chi connectivity index (χ1v) is 15.4. The lowest BCUT2D eigenvalue weighted by Gasteiger charge is -2.20. The first-order chi connectivity index (χ1) is 18.6. The summed E-state index contributed by atoms with van der Waals surface area (Å²) < 4.78 is 47.7. The van der Waals surface area contributed by atoms with Crippen LogP contribution in [-0.4, -0.2) is 24.3 Å². The third kappa shape index (κ3) is 7.50. The third-order valence-electron chi connectivity index (χ3n) is 4.57. The topological polar surface area (TPSA) is 124 Å². The smallest absolute Gasteiger partial charge is 0.418 e. The number of carbonyl (C=O) groups is 2. The lowest BCUT2D eigenvalue weighted by Crippen LogP contribution is -2.15. The second-order valence-corrected chi connectivity index (χ2v) is 11.9. The molecule has 39 heavy (non-hydrogen) atoms. The average Bonchev–Trinajstić information content (AvgIpc) is 2.91. The molecule has 208 valence electrons. The molecule has 0 aliphatic heterocycles. The predicted octanol–water partition coefficient (Wildman–Crippen LogP) is 8.41. The number of para-hydroxylation sites is 2. The molecule has 0 N–H and O–H groups in total. The van der Waals surface area contributed by atoms with Crippen molar-refractivity contribution in [3.8, 4) is 11.5 Å². The van der Waals surface area contributed by atoms with Crippen LogP contribution in [0.15, 0.2) is 66.7 Å². The molecular formula is C24H21Cl3O10P2. The van der Waals surface area contributed by atoms with Crippen LogP contribution in [0, 0.1) is 0 Å². The second-order valence-electron chi connectivity index (χ2n) is 7.28. The fraction of sp³-hybridized carbons (Fsp3) is 0.167. The Kier molecular flexibility index (Phi) is 11.2. The largest absolute Gasteiger partial charge is 0.478 e. The van der Waals surface area contributed by atoms with E-state index in [0.717, 1.165) is 6.07 Å². The molecule has 3 aromatic rings. The van der Waals surface area contributed by atoms with Gasteiger partial charge >= 0.3 is 15.2 Å². The van der Waals surface area contributed by atoms with E-state index < -0.39 is 52.4 Å². The summed E-state index contributed by atoms with van der Waals surface area (Å²) in [6.07, 6.45) is 0. The summed E-state index contributed by atoms with van der Waals surface area (Å²) in [4.78, 5) is 36.6. The number of benzene rings is 3.